The molecular formula is C24H24FN3O6S. The van der Waals surface area contributed by atoms with Crippen molar-refractivity contribution in [2.24, 2.45) is 0 Å². The third-order valence-corrected chi connectivity index (χ3v) is 6.27. The van der Waals surface area contributed by atoms with Crippen molar-refractivity contribution < 1.29 is 27.3 Å². The molecule has 0 heterocycles. The lowest BCUT2D eigenvalue weighted by Gasteiger charge is -2.24. The minimum atomic E-state index is -3.77. The summed E-state index contributed by atoms with van der Waals surface area (Å²) in [5.41, 5.74) is 1.60. The van der Waals surface area contributed by atoms with Crippen LogP contribution >= 0.6 is 0 Å². The second-order valence-electron chi connectivity index (χ2n) is 7.71. The van der Waals surface area contributed by atoms with Crippen LogP contribution < -0.4 is 14.4 Å². The van der Waals surface area contributed by atoms with E-state index in [0.717, 1.165) is 22.7 Å². The summed E-state index contributed by atoms with van der Waals surface area (Å²) in [6, 6.07) is 13.7. The molecule has 11 heteroatoms. The number of benzene rings is 3. The van der Waals surface area contributed by atoms with Gasteiger partial charge in [-0.1, -0.05) is 6.07 Å². The van der Waals surface area contributed by atoms with Crippen molar-refractivity contribution in [3.8, 4) is 5.75 Å². The number of nitro groups is 1. The van der Waals surface area contributed by atoms with Gasteiger partial charge in [0.1, 0.15) is 11.6 Å². The SMILES string of the molecule is CCOc1ccc(C(=O)Nc2cc([N+](=O)[O-])ccc2C)cc1CN(c1ccc(F)cc1)S(C)(=O)=O. The maximum atomic E-state index is 13.4. The number of rotatable bonds is 9. The highest BCUT2D eigenvalue weighted by atomic mass is 32.2. The Morgan fingerprint density at radius 2 is 1.80 bits per heavy atom. The zero-order valence-corrected chi connectivity index (χ0v) is 20.1. The van der Waals surface area contributed by atoms with E-state index < -0.39 is 26.7 Å². The Morgan fingerprint density at radius 3 is 2.40 bits per heavy atom. The van der Waals surface area contributed by atoms with E-state index in [1.807, 2.05) is 0 Å². The summed E-state index contributed by atoms with van der Waals surface area (Å²) in [5, 5.41) is 13.8. The highest BCUT2D eigenvalue weighted by Gasteiger charge is 2.21. The second-order valence-corrected chi connectivity index (χ2v) is 9.62. The van der Waals surface area contributed by atoms with Gasteiger partial charge in [-0.05, 0) is 61.9 Å². The number of nitrogens with one attached hydrogen (secondary N) is 1. The first kappa shape index (κ1) is 25.6. The molecule has 3 aromatic carbocycles. The molecule has 3 aromatic rings. The van der Waals surface area contributed by atoms with Crippen LogP contribution in [0.15, 0.2) is 60.7 Å². The maximum absolute atomic E-state index is 13.4. The molecular weight excluding hydrogens is 477 g/mol. The van der Waals surface area contributed by atoms with Gasteiger partial charge in [-0.2, -0.15) is 0 Å². The normalized spacial score (nSPS) is 11.1. The smallest absolute Gasteiger partial charge is 0.271 e. The number of anilines is 2. The van der Waals surface area contributed by atoms with Crippen molar-refractivity contribution in [2.45, 2.75) is 20.4 Å². The fraction of sp³-hybridized carbons (Fsp3) is 0.208. The monoisotopic (exact) mass is 501 g/mol. The van der Waals surface area contributed by atoms with Gasteiger partial charge in [0.25, 0.3) is 11.6 Å². The highest BCUT2D eigenvalue weighted by molar-refractivity contribution is 7.92. The molecule has 184 valence electrons. The number of aryl methyl sites for hydroxylation is 1. The zero-order valence-electron chi connectivity index (χ0n) is 19.3. The zero-order chi connectivity index (χ0) is 25.8. The Kier molecular flexibility index (Phi) is 7.70. The Hall–Kier alpha value is -3.99. The number of ether oxygens (including phenoxy) is 1. The second kappa shape index (κ2) is 10.5. The molecule has 9 nitrogen and oxygen atoms in total. The quantitative estimate of drug-likeness (QED) is 0.336. The lowest BCUT2D eigenvalue weighted by atomic mass is 10.1. The van der Waals surface area contributed by atoms with Gasteiger partial charge >= 0.3 is 0 Å². The van der Waals surface area contributed by atoms with Gasteiger partial charge in [-0.3, -0.25) is 19.2 Å². The van der Waals surface area contributed by atoms with E-state index in [2.05, 4.69) is 5.32 Å². The van der Waals surface area contributed by atoms with Crippen molar-refractivity contribution in [1.82, 2.24) is 0 Å². The lowest BCUT2D eigenvalue weighted by Crippen LogP contribution is -2.29. The number of non-ortho nitro benzene ring substituents is 1. The van der Waals surface area contributed by atoms with E-state index in [1.54, 1.807) is 19.9 Å². The molecule has 0 aliphatic rings. The molecule has 0 aromatic heterocycles. The predicted octanol–water partition coefficient (Wildman–Crippen LogP) is 4.66. The molecule has 0 spiro atoms. The van der Waals surface area contributed by atoms with E-state index in [1.165, 1.54) is 42.5 Å². The van der Waals surface area contributed by atoms with Gasteiger partial charge in [-0.15, -0.1) is 0 Å². The number of amides is 1. The van der Waals surface area contributed by atoms with Crippen LogP contribution in [0.3, 0.4) is 0 Å². The molecule has 0 bridgehead atoms. The van der Waals surface area contributed by atoms with Gasteiger partial charge in [-0.25, -0.2) is 12.8 Å². The minimum Gasteiger partial charge on any atom is -0.494 e. The molecule has 0 fully saturated rings. The molecule has 0 saturated heterocycles. The summed E-state index contributed by atoms with van der Waals surface area (Å²) < 4.78 is 45.2. The lowest BCUT2D eigenvalue weighted by molar-refractivity contribution is -0.384. The summed E-state index contributed by atoms with van der Waals surface area (Å²) in [6.07, 6.45) is 1.03. The van der Waals surface area contributed by atoms with Crippen molar-refractivity contribution in [3.63, 3.8) is 0 Å². The molecule has 1 N–H and O–H groups in total. The van der Waals surface area contributed by atoms with Gasteiger partial charge in [0.05, 0.1) is 35.7 Å². The number of carbonyl (C=O) groups is 1. The average molecular weight is 502 g/mol. The Morgan fingerprint density at radius 1 is 1.11 bits per heavy atom. The van der Waals surface area contributed by atoms with Crippen LogP contribution in [0.1, 0.15) is 28.4 Å². The van der Waals surface area contributed by atoms with Crippen molar-refractivity contribution >= 4 is 33.0 Å². The topological polar surface area (TPSA) is 119 Å². The summed E-state index contributed by atoms with van der Waals surface area (Å²) >= 11 is 0. The number of nitrogens with zero attached hydrogens (tertiary/aromatic N) is 2. The van der Waals surface area contributed by atoms with E-state index in [-0.39, 0.29) is 29.2 Å². The summed E-state index contributed by atoms with van der Waals surface area (Å²) in [7, 11) is -3.77. The maximum Gasteiger partial charge on any atom is 0.271 e. The van der Waals surface area contributed by atoms with Crippen molar-refractivity contribution in [1.29, 1.82) is 0 Å². The number of sulfonamides is 1. The first-order chi connectivity index (χ1) is 16.5. The van der Waals surface area contributed by atoms with Gasteiger partial charge in [0.2, 0.25) is 10.0 Å². The first-order valence-corrected chi connectivity index (χ1v) is 12.4. The third kappa shape index (κ3) is 6.33. The molecule has 0 atom stereocenters. The van der Waals surface area contributed by atoms with Gasteiger partial charge in [0, 0.05) is 23.3 Å². The highest BCUT2D eigenvalue weighted by Crippen LogP contribution is 2.28. The number of hydrogen-bond donors (Lipinski definition) is 1. The van der Waals surface area contributed by atoms with Crippen LogP contribution in [0, 0.1) is 22.9 Å². The Labute approximate surface area is 202 Å². The average Bonchev–Trinajstić information content (AvgIpc) is 2.79. The molecule has 1 amide bonds. The number of carbonyl (C=O) groups excluding carboxylic acids is 1. The molecule has 0 aliphatic heterocycles. The van der Waals surface area contributed by atoms with Crippen LogP contribution in [0.5, 0.6) is 5.75 Å². The number of nitro benzene ring substituents is 1. The molecule has 0 radical (unpaired) electrons. The van der Waals surface area contributed by atoms with Crippen LogP contribution in [0.25, 0.3) is 0 Å². The summed E-state index contributed by atoms with van der Waals surface area (Å²) in [5.74, 6) is -0.663. The number of halogens is 1. The number of hydrogen-bond acceptors (Lipinski definition) is 6. The van der Waals surface area contributed by atoms with Crippen LogP contribution in [0.4, 0.5) is 21.5 Å². The van der Waals surface area contributed by atoms with Crippen LogP contribution in [0.2, 0.25) is 0 Å². The predicted molar refractivity (Wildman–Crippen MR) is 131 cm³/mol. The van der Waals surface area contributed by atoms with E-state index in [4.69, 9.17) is 4.74 Å². The largest absolute Gasteiger partial charge is 0.494 e. The van der Waals surface area contributed by atoms with Gasteiger partial charge < -0.3 is 10.1 Å². The fourth-order valence-electron chi connectivity index (χ4n) is 3.36. The molecule has 0 unspecified atom stereocenters. The first-order valence-electron chi connectivity index (χ1n) is 10.5. The third-order valence-electron chi connectivity index (χ3n) is 5.13. The molecule has 0 saturated carbocycles. The van der Waals surface area contributed by atoms with E-state index in [0.29, 0.717) is 23.5 Å². The summed E-state index contributed by atoms with van der Waals surface area (Å²) in [6.45, 7) is 3.61. The Bertz CT molecular complexity index is 1360. The van der Waals surface area contributed by atoms with Crippen molar-refractivity contribution in [2.75, 3.05) is 22.5 Å². The molecule has 3 rings (SSSR count). The van der Waals surface area contributed by atoms with Crippen molar-refractivity contribution in [3.05, 3.63) is 93.3 Å². The van der Waals surface area contributed by atoms with Crippen LogP contribution in [-0.4, -0.2) is 32.1 Å². The van der Waals surface area contributed by atoms with E-state index in [9.17, 15) is 27.7 Å². The standard InChI is InChI=1S/C24H24FN3O6S/c1-4-34-23-12-6-17(24(29)26-22-14-21(28(30)31)9-5-16(22)2)13-18(23)15-27(35(3,32)33)20-10-7-19(25)8-11-20/h5-14H,4,15H2,1-3H3,(H,26,29). The fourth-order valence-corrected chi connectivity index (χ4v) is 4.23. The molecule has 0 aliphatic carbocycles. The Balaban J connectivity index is 1.97. The molecule has 35 heavy (non-hydrogen) atoms. The van der Waals surface area contributed by atoms with Crippen LogP contribution in [-0.2, 0) is 16.6 Å². The van der Waals surface area contributed by atoms with E-state index >= 15 is 0 Å². The minimum absolute atomic E-state index is 0.165. The summed E-state index contributed by atoms with van der Waals surface area (Å²) in [4.78, 5) is 23.5. The van der Waals surface area contributed by atoms with Gasteiger partial charge in [0.15, 0.2) is 0 Å².